The van der Waals surface area contributed by atoms with Crippen molar-refractivity contribution in [2.24, 2.45) is 0 Å². The Morgan fingerprint density at radius 1 is 0.678 bits per heavy atom. The topological polar surface area (TPSA) is 69.9 Å². The first kappa shape index (κ1) is 41.3. The van der Waals surface area contributed by atoms with Crippen LogP contribution in [-0.4, -0.2) is 41.7 Å². The fraction of sp³-hybridized carbons (Fsp3) is 0.314. The summed E-state index contributed by atoms with van der Waals surface area (Å²) in [6.07, 6.45) is -2.38. The van der Waals surface area contributed by atoms with E-state index in [4.69, 9.17) is 23.7 Å². The molecule has 0 amide bonds. The standard InChI is InChI=1S/C51H51NO5S2/c1-35-24-27-42(50(2,3)4)29-43(35)58-49-48(55-31-37-18-10-6-11-19-37)46(54-32-38-25-26-39-20-14-15-21-40(39)28-38)47-45(56-49)44(33-53-30-36-16-8-5-9-17-36)59-51(34-52,57-47)41-22-12-7-13-23-41/h5-29,44-49H,30-33H2,1-4H3/t44-,45-,46+,47-,48+,49-,51+/m1/s1. The third-order valence-electron chi connectivity index (χ3n) is 11.1. The van der Waals surface area contributed by atoms with E-state index in [0.717, 1.165) is 38.1 Å². The van der Waals surface area contributed by atoms with Crippen LogP contribution >= 0.6 is 23.5 Å². The van der Waals surface area contributed by atoms with Crippen molar-refractivity contribution in [3.05, 3.63) is 185 Å². The second-order valence-corrected chi connectivity index (χ2v) is 18.9. The third kappa shape index (κ3) is 9.64. The minimum absolute atomic E-state index is 0.0384. The number of aryl methyl sites for hydroxylation is 1. The van der Waals surface area contributed by atoms with E-state index >= 15 is 0 Å². The molecule has 2 aliphatic heterocycles. The number of ether oxygens (including phenoxy) is 5. The molecule has 2 aliphatic rings. The van der Waals surface area contributed by atoms with E-state index in [-0.39, 0.29) is 10.7 Å². The second-order valence-electron chi connectivity index (χ2n) is 16.4. The number of nitrogens with zero attached hydrogens (tertiary/aromatic N) is 1. The minimum atomic E-state index is -1.35. The molecule has 0 radical (unpaired) electrons. The Bertz CT molecular complexity index is 2350. The molecule has 8 rings (SSSR count). The van der Waals surface area contributed by atoms with Crippen molar-refractivity contribution in [3.63, 3.8) is 0 Å². The number of hydrogen-bond donors (Lipinski definition) is 0. The molecular weight excluding hydrogens is 771 g/mol. The van der Waals surface area contributed by atoms with Gasteiger partial charge in [0.15, 0.2) is 0 Å². The monoisotopic (exact) mass is 821 g/mol. The van der Waals surface area contributed by atoms with E-state index < -0.39 is 34.8 Å². The highest BCUT2D eigenvalue weighted by atomic mass is 32.2. The van der Waals surface area contributed by atoms with Gasteiger partial charge in [-0.3, -0.25) is 0 Å². The highest BCUT2D eigenvalue weighted by molar-refractivity contribution is 8.01. The first-order valence-electron chi connectivity index (χ1n) is 20.3. The Kier molecular flexibility index (Phi) is 12.9. The van der Waals surface area contributed by atoms with Crippen LogP contribution in [-0.2, 0) is 53.9 Å². The predicted octanol–water partition coefficient (Wildman–Crippen LogP) is 11.5. The van der Waals surface area contributed by atoms with Crippen molar-refractivity contribution in [2.75, 3.05) is 6.61 Å². The van der Waals surface area contributed by atoms with Crippen LogP contribution in [0.1, 0.15) is 54.2 Å². The molecule has 8 heteroatoms. The van der Waals surface area contributed by atoms with Crippen molar-refractivity contribution < 1.29 is 23.7 Å². The molecule has 0 aromatic heterocycles. The molecule has 302 valence electrons. The van der Waals surface area contributed by atoms with Crippen LogP contribution in [0, 0.1) is 18.3 Å². The Labute approximate surface area is 357 Å². The summed E-state index contributed by atoms with van der Waals surface area (Å²) in [5.41, 5.74) is 5.80. The lowest BCUT2D eigenvalue weighted by atomic mass is 9.87. The first-order chi connectivity index (χ1) is 28.7. The largest absolute Gasteiger partial charge is 0.376 e. The van der Waals surface area contributed by atoms with Crippen LogP contribution in [0.15, 0.2) is 157 Å². The summed E-state index contributed by atoms with van der Waals surface area (Å²) in [4.78, 5) is -0.224. The average Bonchev–Trinajstić information content (AvgIpc) is 3.26. The van der Waals surface area contributed by atoms with Gasteiger partial charge in [0, 0.05) is 10.5 Å². The molecule has 6 aromatic rings. The van der Waals surface area contributed by atoms with Crippen LogP contribution in [0.2, 0.25) is 0 Å². The van der Waals surface area contributed by atoms with E-state index in [2.05, 4.69) is 119 Å². The number of nitriles is 1. The van der Waals surface area contributed by atoms with Crippen molar-refractivity contribution in [2.45, 2.75) is 97.9 Å². The molecule has 0 bridgehead atoms. The third-order valence-corrected chi connectivity index (χ3v) is 13.8. The van der Waals surface area contributed by atoms with Gasteiger partial charge in [0.25, 0.3) is 0 Å². The Balaban J connectivity index is 1.21. The van der Waals surface area contributed by atoms with Gasteiger partial charge in [-0.2, -0.15) is 5.26 Å². The van der Waals surface area contributed by atoms with Gasteiger partial charge >= 0.3 is 0 Å². The van der Waals surface area contributed by atoms with Crippen LogP contribution in [0.25, 0.3) is 10.8 Å². The van der Waals surface area contributed by atoms with Gasteiger partial charge in [-0.25, -0.2) is 0 Å². The van der Waals surface area contributed by atoms with Crippen LogP contribution in [0.4, 0.5) is 0 Å². The SMILES string of the molecule is Cc1ccc(C(C)(C)C)cc1S[C@H]1O[C@H]2[C@@H](O[C@](C#N)(c3ccccc3)S[C@@H]2COCc2ccccc2)[C@H](OCc2ccc3ccccc3c2)[C@@H]1OCc1ccccc1. The van der Waals surface area contributed by atoms with Gasteiger partial charge in [0.05, 0.1) is 31.7 Å². The molecule has 0 spiro atoms. The van der Waals surface area contributed by atoms with Crippen LogP contribution < -0.4 is 0 Å². The summed E-state index contributed by atoms with van der Waals surface area (Å²) < 4.78 is 35.2. The maximum Gasteiger partial charge on any atom is 0.228 e. The molecule has 59 heavy (non-hydrogen) atoms. The summed E-state index contributed by atoms with van der Waals surface area (Å²) in [6.45, 7) is 10.3. The number of rotatable bonds is 13. The summed E-state index contributed by atoms with van der Waals surface area (Å²) in [6, 6.07) is 54.2. The fourth-order valence-electron chi connectivity index (χ4n) is 7.74. The molecular formula is C51H51NO5S2. The normalized spacial score (nSPS) is 24.3. The summed E-state index contributed by atoms with van der Waals surface area (Å²) in [5.74, 6) is 0. The van der Waals surface area contributed by atoms with Crippen LogP contribution in [0.3, 0.4) is 0 Å². The Hall–Kier alpha value is -4.43. The van der Waals surface area contributed by atoms with E-state index in [0.29, 0.717) is 26.4 Å². The molecule has 6 nitrogen and oxygen atoms in total. The maximum absolute atomic E-state index is 11.1. The number of hydrogen-bond acceptors (Lipinski definition) is 8. The zero-order valence-electron chi connectivity index (χ0n) is 34.0. The zero-order valence-corrected chi connectivity index (χ0v) is 35.7. The predicted molar refractivity (Wildman–Crippen MR) is 238 cm³/mol. The zero-order chi connectivity index (χ0) is 40.8. The van der Waals surface area contributed by atoms with Gasteiger partial charge in [-0.15, -0.1) is 0 Å². The smallest absolute Gasteiger partial charge is 0.228 e. The van der Waals surface area contributed by atoms with Crippen molar-refractivity contribution in [1.29, 1.82) is 5.26 Å². The highest BCUT2D eigenvalue weighted by Crippen LogP contribution is 2.52. The molecule has 2 heterocycles. The molecule has 2 fully saturated rings. The molecule has 0 saturated carbocycles. The van der Waals surface area contributed by atoms with E-state index in [1.54, 1.807) is 11.8 Å². The number of fused-ring (bicyclic) bond motifs is 2. The molecule has 7 atom stereocenters. The van der Waals surface area contributed by atoms with Crippen LogP contribution in [0.5, 0.6) is 0 Å². The van der Waals surface area contributed by atoms with E-state index in [9.17, 15) is 5.26 Å². The van der Waals surface area contributed by atoms with Crippen molar-refractivity contribution >= 4 is 34.3 Å². The maximum atomic E-state index is 11.1. The lowest BCUT2D eigenvalue weighted by Gasteiger charge is -2.53. The van der Waals surface area contributed by atoms with E-state index in [1.807, 2.05) is 66.7 Å². The average molecular weight is 822 g/mol. The van der Waals surface area contributed by atoms with Gasteiger partial charge in [0.2, 0.25) is 4.93 Å². The summed E-state index contributed by atoms with van der Waals surface area (Å²) in [7, 11) is 0. The minimum Gasteiger partial charge on any atom is -0.376 e. The number of thioether (sulfide) groups is 2. The lowest BCUT2D eigenvalue weighted by Crippen LogP contribution is -2.66. The first-order valence-corrected chi connectivity index (χ1v) is 22.1. The quantitative estimate of drug-likeness (QED) is 0.114. The molecule has 0 unspecified atom stereocenters. The summed E-state index contributed by atoms with van der Waals surface area (Å²) in [5, 5.41) is 13.2. The Morgan fingerprint density at radius 2 is 1.31 bits per heavy atom. The lowest BCUT2D eigenvalue weighted by molar-refractivity contribution is -0.260. The Morgan fingerprint density at radius 3 is 2.00 bits per heavy atom. The van der Waals surface area contributed by atoms with Gasteiger partial charge in [0.1, 0.15) is 35.9 Å². The van der Waals surface area contributed by atoms with Crippen molar-refractivity contribution in [1.82, 2.24) is 0 Å². The van der Waals surface area contributed by atoms with Gasteiger partial charge < -0.3 is 23.7 Å². The van der Waals surface area contributed by atoms with E-state index in [1.165, 1.54) is 22.7 Å². The highest BCUT2D eigenvalue weighted by Gasteiger charge is 2.59. The molecule has 0 N–H and O–H groups in total. The molecule has 2 saturated heterocycles. The fourth-order valence-corrected chi connectivity index (χ4v) is 10.4. The number of benzene rings is 6. The molecule has 6 aromatic carbocycles. The van der Waals surface area contributed by atoms with Crippen molar-refractivity contribution in [3.8, 4) is 6.07 Å². The summed E-state index contributed by atoms with van der Waals surface area (Å²) >= 11 is 3.14. The molecule has 0 aliphatic carbocycles. The van der Waals surface area contributed by atoms with Gasteiger partial charge in [-0.1, -0.05) is 184 Å². The van der Waals surface area contributed by atoms with Gasteiger partial charge in [-0.05, 0) is 63.1 Å². The second kappa shape index (κ2) is 18.5.